The quantitative estimate of drug-likeness (QED) is 0.730. The van der Waals surface area contributed by atoms with Crippen molar-refractivity contribution in [2.75, 3.05) is 5.32 Å². The number of hydrogen-bond acceptors (Lipinski definition) is 3. The summed E-state index contributed by atoms with van der Waals surface area (Å²) in [4.78, 5) is 12.8. The summed E-state index contributed by atoms with van der Waals surface area (Å²) in [5, 5.41) is 10.2. The topological polar surface area (TPSA) is 70.9 Å². The van der Waals surface area contributed by atoms with E-state index in [0.29, 0.717) is 17.1 Å². The van der Waals surface area contributed by atoms with Gasteiger partial charge < -0.3 is 9.73 Å². The molecule has 5 nitrogen and oxygen atoms in total. The number of benzene rings is 1. The van der Waals surface area contributed by atoms with Crippen LogP contribution in [0, 0.1) is 13.8 Å². The van der Waals surface area contributed by atoms with Gasteiger partial charge in [-0.15, -0.1) is 0 Å². The molecule has 1 atom stereocenters. The van der Waals surface area contributed by atoms with E-state index in [1.165, 1.54) is 0 Å². The molecule has 2 N–H and O–H groups in total. The fourth-order valence-electron chi connectivity index (χ4n) is 2.79. The third kappa shape index (κ3) is 3.11. The molecule has 0 aliphatic rings. The molecule has 2 aromatic heterocycles. The summed E-state index contributed by atoms with van der Waals surface area (Å²) in [7, 11) is 0. The molecule has 0 bridgehead atoms. The Morgan fingerprint density at radius 1 is 1.21 bits per heavy atom. The lowest BCUT2D eigenvalue weighted by Crippen LogP contribution is -2.21. The van der Waals surface area contributed by atoms with E-state index >= 15 is 0 Å². The second-order valence-electron chi connectivity index (χ2n) is 5.84. The van der Waals surface area contributed by atoms with E-state index in [2.05, 4.69) is 15.5 Å². The van der Waals surface area contributed by atoms with Crippen LogP contribution in [0.5, 0.6) is 0 Å². The Kier molecular flexibility index (Phi) is 4.51. The number of carbonyl (C=O) groups excluding carboxylic acids is 1. The smallest absolute Gasteiger partial charge is 0.232 e. The van der Waals surface area contributed by atoms with Crippen LogP contribution >= 0.6 is 0 Å². The molecule has 0 radical (unpaired) electrons. The number of amides is 1. The number of nitrogens with zero attached hydrogens (tertiary/aromatic N) is 1. The molecule has 5 heteroatoms. The molecule has 3 rings (SSSR count). The highest BCUT2D eigenvalue weighted by Crippen LogP contribution is 2.31. The van der Waals surface area contributed by atoms with E-state index in [-0.39, 0.29) is 11.8 Å². The molecule has 0 spiro atoms. The van der Waals surface area contributed by atoms with Crippen molar-refractivity contribution in [3.63, 3.8) is 0 Å². The number of furan rings is 1. The first-order valence-electron chi connectivity index (χ1n) is 8.07. The van der Waals surface area contributed by atoms with Crippen molar-refractivity contribution in [3.8, 4) is 11.5 Å². The number of H-pyrrole nitrogens is 1. The van der Waals surface area contributed by atoms with E-state index in [1.807, 2.05) is 63.2 Å². The van der Waals surface area contributed by atoms with Gasteiger partial charge in [0.1, 0.15) is 5.76 Å². The summed E-state index contributed by atoms with van der Waals surface area (Å²) < 4.78 is 5.64. The van der Waals surface area contributed by atoms with Crippen molar-refractivity contribution in [1.82, 2.24) is 10.2 Å². The maximum absolute atomic E-state index is 12.8. The molecule has 0 saturated carbocycles. The first-order valence-corrected chi connectivity index (χ1v) is 8.07. The Morgan fingerprint density at radius 3 is 2.58 bits per heavy atom. The van der Waals surface area contributed by atoms with Gasteiger partial charge in [-0.25, -0.2) is 0 Å². The lowest BCUT2D eigenvalue weighted by Gasteiger charge is -2.15. The molecule has 3 aromatic rings. The van der Waals surface area contributed by atoms with Crippen molar-refractivity contribution >= 4 is 11.6 Å². The van der Waals surface area contributed by atoms with E-state index in [4.69, 9.17) is 4.42 Å². The Bertz CT molecular complexity index is 833. The van der Waals surface area contributed by atoms with Gasteiger partial charge in [-0.1, -0.05) is 37.3 Å². The third-order valence-corrected chi connectivity index (χ3v) is 4.10. The maximum atomic E-state index is 12.8. The first-order chi connectivity index (χ1) is 11.6. The molecule has 0 fully saturated rings. The van der Waals surface area contributed by atoms with Gasteiger partial charge >= 0.3 is 0 Å². The highest BCUT2D eigenvalue weighted by Gasteiger charge is 2.23. The molecule has 0 aliphatic heterocycles. The summed E-state index contributed by atoms with van der Waals surface area (Å²) in [5.41, 5.74) is 3.10. The number of rotatable bonds is 5. The van der Waals surface area contributed by atoms with Gasteiger partial charge in [-0.2, -0.15) is 5.10 Å². The van der Waals surface area contributed by atoms with Crippen LogP contribution in [-0.4, -0.2) is 16.1 Å². The molecule has 1 aromatic carbocycles. The maximum Gasteiger partial charge on any atom is 0.232 e. The van der Waals surface area contributed by atoms with Gasteiger partial charge in [0.2, 0.25) is 5.91 Å². The van der Waals surface area contributed by atoms with Gasteiger partial charge in [0, 0.05) is 0 Å². The standard InChI is InChI=1S/C19H21N3O2/c1-4-15(14-8-6-5-7-9-14)19(23)20-17-13(3)21-22-18(17)16-11-10-12(2)24-16/h5-11,15H,4H2,1-3H3,(H,20,23)(H,21,22). The number of nitrogens with one attached hydrogen (secondary N) is 2. The Labute approximate surface area is 141 Å². The number of aromatic nitrogens is 2. The van der Waals surface area contributed by atoms with Crippen molar-refractivity contribution < 1.29 is 9.21 Å². The minimum atomic E-state index is -0.202. The molecule has 1 unspecified atom stereocenters. The van der Waals surface area contributed by atoms with Crippen LogP contribution in [0.4, 0.5) is 5.69 Å². The zero-order valence-corrected chi connectivity index (χ0v) is 14.1. The lowest BCUT2D eigenvalue weighted by molar-refractivity contribution is -0.117. The minimum absolute atomic E-state index is 0.0438. The normalized spacial score (nSPS) is 12.1. The van der Waals surface area contributed by atoms with Crippen LogP contribution in [0.3, 0.4) is 0 Å². The van der Waals surface area contributed by atoms with Crippen LogP contribution < -0.4 is 5.32 Å². The van der Waals surface area contributed by atoms with Crippen molar-refractivity contribution in [1.29, 1.82) is 0 Å². The molecular weight excluding hydrogens is 302 g/mol. The summed E-state index contributed by atoms with van der Waals surface area (Å²) in [6, 6.07) is 13.5. The highest BCUT2D eigenvalue weighted by atomic mass is 16.3. The van der Waals surface area contributed by atoms with E-state index < -0.39 is 0 Å². The van der Waals surface area contributed by atoms with E-state index in [1.54, 1.807) is 0 Å². The van der Waals surface area contributed by atoms with Crippen molar-refractivity contribution in [3.05, 3.63) is 59.5 Å². The SMILES string of the molecule is CCC(C(=O)Nc1c(-c2ccc(C)o2)n[nH]c1C)c1ccccc1. The largest absolute Gasteiger partial charge is 0.460 e. The molecular formula is C19H21N3O2. The van der Waals surface area contributed by atoms with Crippen LogP contribution in [0.15, 0.2) is 46.9 Å². The summed E-state index contributed by atoms with van der Waals surface area (Å²) in [6.45, 7) is 5.77. The Morgan fingerprint density at radius 2 is 1.96 bits per heavy atom. The average molecular weight is 323 g/mol. The predicted octanol–water partition coefficient (Wildman–Crippen LogP) is 4.42. The Hall–Kier alpha value is -2.82. The molecule has 124 valence electrons. The highest BCUT2D eigenvalue weighted by molar-refractivity contribution is 5.99. The van der Waals surface area contributed by atoms with Crippen LogP contribution in [-0.2, 0) is 4.79 Å². The average Bonchev–Trinajstić information content (AvgIpc) is 3.16. The molecule has 0 saturated heterocycles. The number of hydrogen-bond donors (Lipinski definition) is 2. The van der Waals surface area contributed by atoms with Gasteiger partial charge in [0.05, 0.1) is 17.3 Å². The van der Waals surface area contributed by atoms with Gasteiger partial charge in [0.25, 0.3) is 0 Å². The van der Waals surface area contributed by atoms with Crippen LogP contribution in [0.25, 0.3) is 11.5 Å². The second-order valence-corrected chi connectivity index (χ2v) is 5.84. The van der Waals surface area contributed by atoms with Gasteiger partial charge in [-0.05, 0) is 38.0 Å². The molecule has 24 heavy (non-hydrogen) atoms. The van der Waals surface area contributed by atoms with E-state index in [0.717, 1.165) is 23.4 Å². The monoisotopic (exact) mass is 323 g/mol. The Balaban J connectivity index is 1.88. The van der Waals surface area contributed by atoms with Crippen molar-refractivity contribution in [2.24, 2.45) is 0 Å². The van der Waals surface area contributed by atoms with Gasteiger partial charge in [-0.3, -0.25) is 9.89 Å². The second kappa shape index (κ2) is 6.74. The number of aryl methyl sites for hydroxylation is 2. The van der Waals surface area contributed by atoms with E-state index in [9.17, 15) is 4.79 Å². The minimum Gasteiger partial charge on any atom is -0.460 e. The zero-order valence-electron chi connectivity index (χ0n) is 14.1. The lowest BCUT2D eigenvalue weighted by atomic mass is 9.95. The van der Waals surface area contributed by atoms with Crippen molar-refractivity contribution in [2.45, 2.75) is 33.1 Å². The predicted molar refractivity (Wildman–Crippen MR) is 93.9 cm³/mol. The molecule has 1 amide bonds. The first kappa shape index (κ1) is 16.1. The molecule has 0 aliphatic carbocycles. The zero-order chi connectivity index (χ0) is 17.1. The van der Waals surface area contributed by atoms with Crippen LogP contribution in [0.2, 0.25) is 0 Å². The summed E-state index contributed by atoms with van der Waals surface area (Å²) in [6.07, 6.45) is 0.724. The number of aromatic amines is 1. The summed E-state index contributed by atoms with van der Waals surface area (Å²) >= 11 is 0. The third-order valence-electron chi connectivity index (χ3n) is 4.10. The number of anilines is 1. The fourth-order valence-corrected chi connectivity index (χ4v) is 2.79. The molecule has 2 heterocycles. The van der Waals surface area contributed by atoms with Gasteiger partial charge in [0.15, 0.2) is 11.5 Å². The summed E-state index contributed by atoms with van der Waals surface area (Å²) in [5.74, 6) is 1.20. The number of carbonyl (C=O) groups is 1. The van der Waals surface area contributed by atoms with Crippen LogP contribution in [0.1, 0.15) is 36.3 Å². The fraction of sp³-hybridized carbons (Fsp3) is 0.263.